The molecule has 0 spiro atoms. The van der Waals surface area contributed by atoms with Gasteiger partial charge >= 0.3 is 5.97 Å². The minimum atomic E-state index is -0.752. The molecular weight excluding hydrogens is 262 g/mol. The molecule has 5 heteroatoms. The van der Waals surface area contributed by atoms with E-state index in [4.69, 9.17) is 5.11 Å². The van der Waals surface area contributed by atoms with Crippen LogP contribution in [0.1, 0.15) is 40.9 Å². The van der Waals surface area contributed by atoms with Crippen molar-refractivity contribution in [2.75, 3.05) is 13.1 Å². The van der Waals surface area contributed by atoms with Gasteiger partial charge in [-0.05, 0) is 49.1 Å². The Kier molecular flexibility index (Phi) is 4.58. The normalized spacial score (nSPS) is 19.4. The summed E-state index contributed by atoms with van der Waals surface area (Å²) in [5, 5.41) is 10.7. The third-order valence-electron chi connectivity index (χ3n) is 3.63. The van der Waals surface area contributed by atoms with Crippen LogP contribution in [0.2, 0.25) is 0 Å². The van der Waals surface area contributed by atoms with Crippen molar-refractivity contribution in [3.05, 3.63) is 21.9 Å². The third kappa shape index (κ3) is 3.56. The zero-order valence-corrected chi connectivity index (χ0v) is 11.9. The topological polar surface area (TPSA) is 57.6 Å². The highest BCUT2D eigenvalue weighted by molar-refractivity contribution is 7.12. The fraction of sp³-hybridized carbons (Fsp3) is 0.571. The van der Waals surface area contributed by atoms with Crippen molar-refractivity contribution in [2.45, 2.75) is 32.6 Å². The minimum absolute atomic E-state index is 0.104. The molecule has 1 atom stereocenters. The Morgan fingerprint density at radius 2 is 2.32 bits per heavy atom. The largest absolute Gasteiger partial charge is 0.481 e. The first-order valence-corrected chi connectivity index (χ1v) is 7.51. The highest BCUT2D eigenvalue weighted by Crippen LogP contribution is 2.25. The van der Waals surface area contributed by atoms with E-state index in [1.807, 2.05) is 23.3 Å². The average Bonchev–Trinajstić information content (AvgIpc) is 2.82. The number of aryl methyl sites for hydroxylation is 1. The first-order valence-electron chi connectivity index (χ1n) is 6.63. The van der Waals surface area contributed by atoms with Crippen molar-refractivity contribution in [2.24, 2.45) is 5.92 Å². The lowest BCUT2D eigenvalue weighted by Crippen LogP contribution is -2.40. The van der Waals surface area contributed by atoms with Crippen LogP contribution in [0.15, 0.2) is 11.4 Å². The summed E-state index contributed by atoms with van der Waals surface area (Å²) >= 11 is 1.49. The summed E-state index contributed by atoms with van der Waals surface area (Å²) in [7, 11) is 0. The van der Waals surface area contributed by atoms with Crippen LogP contribution in [0.3, 0.4) is 0 Å². The van der Waals surface area contributed by atoms with Crippen LogP contribution in [0.4, 0.5) is 0 Å². The summed E-state index contributed by atoms with van der Waals surface area (Å²) in [6.07, 6.45) is 2.87. The number of hydrogen-bond acceptors (Lipinski definition) is 3. The Balaban J connectivity index is 1.95. The highest BCUT2D eigenvalue weighted by atomic mass is 32.1. The lowest BCUT2D eigenvalue weighted by Gasteiger charge is -2.32. The van der Waals surface area contributed by atoms with Crippen LogP contribution in [0, 0.1) is 12.8 Å². The van der Waals surface area contributed by atoms with Crippen LogP contribution in [-0.4, -0.2) is 35.0 Å². The number of nitrogens with zero attached hydrogens (tertiary/aromatic N) is 1. The average molecular weight is 281 g/mol. The lowest BCUT2D eigenvalue weighted by molar-refractivity contribution is -0.137. The fourth-order valence-electron chi connectivity index (χ4n) is 2.55. The van der Waals surface area contributed by atoms with E-state index in [1.54, 1.807) is 0 Å². The molecule has 2 heterocycles. The van der Waals surface area contributed by atoms with Gasteiger partial charge in [0.1, 0.15) is 0 Å². The lowest BCUT2D eigenvalue weighted by atomic mass is 9.93. The second kappa shape index (κ2) is 6.19. The molecule has 0 radical (unpaired) electrons. The number of hydrogen-bond donors (Lipinski definition) is 1. The van der Waals surface area contributed by atoms with Crippen LogP contribution in [0.25, 0.3) is 0 Å². The van der Waals surface area contributed by atoms with E-state index in [0.29, 0.717) is 18.9 Å². The molecule has 1 saturated heterocycles. The zero-order chi connectivity index (χ0) is 13.8. The summed E-state index contributed by atoms with van der Waals surface area (Å²) in [6, 6.07) is 1.96. The van der Waals surface area contributed by atoms with Gasteiger partial charge in [-0.3, -0.25) is 9.59 Å². The number of carboxylic acid groups (broad SMARTS) is 1. The van der Waals surface area contributed by atoms with E-state index in [9.17, 15) is 9.59 Å². The molecule has 0 aliphatic carbocycles. The Morgan fingerprint density at radius 3 is 2.95 bits per heavy atom. The second-order valence-corrected chi connectivity index (χ2v) is 6.04. The number of thiophene rings is 1. The van der Waals surface area contributed by atoms with Gasteiger partial charge in [-0.25, -0.2) is 0 Å². The molecule has 1 aromatic rings. The molecule has 1 amide bonds. The molecule has 1 aromatic heterocycles. The van der Waals surface area contributed by atoms with Crippen molar-refractivity contribution in [3.63, 3.8) is 0 Å². The highest BCUT2D eigenvalue weighted by Gasteiger charge is 2.26. The maximum atomic E-state index is 12.4. The van der Waals surface area contributed by atoms with E-state index >= 15 is 0 Å². The third-order valence-corrected chi connectivity index (χ3v) is 4.63. The number of aliphatic carboxylic acids is 1. The van der Waals surface area contributed by atoms with Gasteiger partial charge in [-0.15, -0.1) is 11.3 Å². The molecule has 1 aliphatic rings. The molecule has 1 aliphatic heterocycles. The Morgan fingerprint density at radius 1 is 1.53 bits per heavy atom. The van der Waals surface area contributed by atoms with Gasteiger partial charge in [0, 0.05) is 19.5 Å². The van der Waals surface area contributed by atoms with Gasteiger partial charge in [-0.1, -0.05) is 0 Å². The Bertz CT molecular complexity index is 469. The molecule has 2 rings (SSSR count). The SMILES string of the molecule is Cc1ccsc1C(=O)N1CCCC(CCC(=O)O)C1. The summed E-state index contributed by atoms with van der Waals surface area (Å²) in [5.74, 6) is -0.320. The molecule has 0 aromatic carbocycles. The van der Waals surface area contributed by atoms with Crippen molar-refractivity contribution in [3.8, 4) is 0 Å². The zero-order valence-electron chi connectivity index (χ0n) is 11.1. The first-order chi connectivity index (χ1) is 9.08. The maximum Gasteiger partial charge on any atom is 0.303 e. The van der Waals surface area contributed by atoms with Crippen molar-refractivity contribution >= 4 is 23.2 Å². The molecule has 1 fully saturated rings. The van der Waals surface area contributed by atoms with Crippen molar-refractivity contribution in [1.82, 2.24) is 4.90 Å². The number of carboxylic acids is 1. The van der Waals surface area contributed by atoms with E-state index in [1.165, 1.54) is 11.3 Å². The Hall–Kier alpha value is -1.36. The molecular formula is C14H19NO3S. The Labute approximate surface area is 117 Å². The maximum absolute atomic E-state index is 12.4. The van der Waals surface area contributed by atoms with Gasteiger partial charge < -0.3 is 10.0 Å². The van der Waals surface area contributed by atoms with Crippen LogP contribution in [-0.2, 0) is 4.79 Å². The smallest absolute Gasteiger partial charge is 0.303 e. The van der Waals surface area contributed by atoms with E-state index in [0.717, 1.165) is 29.8 Å². The van der Waals surface area contributed by atoms with E-state index in [2.05, 4.69) is 0 Å². The quantitative estimate of drug-likeness (QED) is 0.923. The van der Waals surface area contributed by atoms with Crippen LogP contribution in [0.5, 0.6) is 0 Å². The molecule has 19 heavy (non-hydrogen) atoms. The summed E-state index contributed by atoms with van der Waals surface area (Å²) < 4.78 is 0. The van der Waals surface area contributed by atoms with Crippen LogP contribution >= 0.6 is 11.3 Å². The van der Waals surface area contributed by atoms with Gasteiger partial charge in [0.05, 0.1) is 4.88 Å². The summed E-state index contributed by atoms with van der Waals surface area (Å²) in [5.41, 5.74) is 1.03. The number of likely N-dealkylation sites (tertiary alicyclic amines) is 1. The summed E-state index contributed by atoms with van der Waals surface area (Å²) in [4.78, 5) is 25.7. The number of carbonyl (C=O) groups is 2. The predicted molar refractivity (Wildman–Crippen MR) is 74.6 cm³/mol. The van der Waals surface area contributed by atoms with Crippen molar-refractivity contribution < 1.29 is 14.7 Å². The second-order valence-electron chi connectivity index (χ2n) is 5.12. The molecule has 1 unspecified atom stereocenters. The number of rotatable bonds is 4. The van der Waals surface area contributed by atoms with Gasteiger partial charge in [-0.2, -0.15) is 0 Å². The fourth-order valence-corrected chi connectivity index (χ4v) is 3.44. The number of carbonyl (C=O) groups excluding carboxylic acids is 1. The van der Waals surface area contributed by atoms with Gasteiger partial charge in [0.15, 0.2) is 0 Å². The van der Waals surface area contributed by atoms with E-state index in [-0.39, 0.29) is 12.3 Å². The van der Waals surface area contributed by atoms with Crippen molar-refractivity contribution in [1.29, 1.82) is 0 Å². The van der Waals surface area contributed by atoms with E-state index < -0.39 is 5.97 Å². The number of amides is 1. The molecule has 104 valence electrons. The summed E-state index contributed by atoms with van der Waals surface area (Å²) in [6.45, 7) is 3.44. The number of piperidine rings is 1. The van der Waals surface area contributed by atoms with Gasteiger partial charge in [0.2, 0.25) is 0 Å². The minimum Gasteiger partial charge on any atom is -0.481 e. The van der Waals surface area contributed by atoms with Gasteiger partial charge in [0.25, 0.3) is 5.91 Å². The standard InChI is InChI=1S/C14H19NO3S/c1-10-6-8-19-13(10)14(18)15-7-2-3-11(9-15)4-5-12(16)17/h6,8,11H,2-5,7,9H2,1H3,(H,16,17). The molecule has 0 bridgehead atoms. The molecule has 0 saturated carbocycles. The first kappa shape index (κ1) is 14.1. The predicted octanol–water partition coefficient (Wildman–Crippen LogP) is 2.77. The molecule has 1 N–H and O–H groups in total. The monoisotopic (exact) mass is 281 g/mol. The molecule has 4 nitrogen and oxygen atoms in total. The van der Waals surface area contributed by atoms with Crippen LogP contribution < -0.4 is 0 Å².